The van der Waals surface area contributed by atoms with Crippen molar-refractivity contribution in [2.75, 3.05) is 33.7 Å². The van der Waals surface area contributed by atoms with Crippen LogP contribution in [-0.2, 0) is 0 Å². The average Bonchev–Trinajstić information content (AvgIpc) is 2.86. The molecular weight excluding hydrogens is 271 g/mol. The van der Waals surface area contributed by atoms with Gasteiger partial charge in [0.15, 0.2) is 0 Å². The van der Waals surface area contributed by atoms with Gasteiger partial charge in [-0.1, -0.05) is 0 Å². The molecule has 0 spiro atoms. The Morgan fingerprint density at radius 2 is 2.14 bits per heavy atom. The highest BCUT2D eigenvalue weighted by Crippen LogP contribution is 2.28. The lowest BCUT2D eigenvalue weighted by molar-refractivity contribution is 0.0820. The number of benzene rings is 1. The van der Waals surface area contributed by atoms with E-state index in [9.17, 15) is 4.39 Å². The number of nitrogens with one attached hydrogen (secondary N) is 1. The lowest BCUT2D eigenvalue weighted by Crippen LogP contribution is -2.55. The van der Waals surface area contributed by atoms with E-state index >= 15 is 0 Å². The summed E-state index contributed by atoms with van der Waals surface area (Å²) >= 11 is 0. The maximum absolute atomic E-state index is 13.3. The minimum Gasteiger partial charge on any atom is -0.459 e. The Kier molecular flexibility index (Phi) is 3.95. The molecule has 0 bridgehead atoms. The van der Waals surface area contributed by atoms with Crippen molar-refractivity contribution in [2.45, 2.75) is 12.1 Å². The number of hydrazine groups is 1. The molecule has 6 heteroatoms. The molecule has 0 amide bonds. The highest BCUT2D eigenvalue weighted by atomic mass is 19.1. The van der Waals surface area contributed by atoms with Crippen molar-refractivity contribution >= 4 is 11.0 Å². The van der Waals surface area contributed by atoms with Crippen LogP contribution in [0.25, 0.3) is 11.0 Å². The van der Waals surface area contributed by atoms with Gasteiger partial charge in [0.2, 0.25) is 0 Å². The molecule has 2 atom stereocenters. The van der Waals surface area contributed by atoms with E-state index in [1.807, 2.05) is 6.07 Å². The molecule has 1 saturated heterocycles. The van der Waals surface area contributed by atoms with Crippen LogP contribution in [0.5, 0.6) is 0 Å². The summed E-state index contributed by atoms with van der Waals surface area (Å²) in [7, 11) is 4.19. The molecule has 1 aromatic heterocycles. The van der Waals surface area contributed by atoms with Gasteiger partial charge in [0, 0.05) is 31.1 Å². The Morgan fingerprint density at radius 1 is 1.33 bits per heavy atom. The monoisotopic (exact) mass is 292 g/mol. The Morgan fingerprint density at radius 3 is 2.90 bits per heavy atom. The Balaban J connectivity index is 1.93. The highest BCUT2D eigenvalue weighted by Gasteiger charge is 2.32. The second-order valence-corrected chi connectivity index (χ2v) is 5.79. The Hall–Kier alpha value is -1.47. The first-order chi connectivity index (χ1) is 10.1. The number of furan rings is 1. The average molecular weight is 292 g/mol. The van der Waals surface area contributed by atoms with Crippen LogP contribution in [0.15, 0.2) is 28.7 Å². The van der Waals surface area contributed by atoms with Gasteiger partial charge >= 0.3 is 0 Å². The Bertz CT molecular complexity index is 629. The van der Waals surface area contributed by atoms with Crippen molar-refractivity contribution in [3.05, 3.63) is 35.8 Å². The summed E-state index contributed by atoms with van der Waals surface area (Å²) < 4.78 is 19.2. The lowest BCUT2D eigenvalue weighted by atomic mass is 10.0. The number of hydrogen-bond acceptors (Lipinski definition) is 5. The summed E-state index contributed by atoms with van der Waals surface area (Å²) in [4.78, 5) is 4.55. The van der Waals surface area contributed by atoms with Crippen molar-refractivity contribution in [2.24, 2.45) is 5.84 Å². The molecular formula is C15H21FN4O. The van der Waals surface area contributed by atoms with Gasteiger partial charge in [-0.2, -0.15) is 0 Å². The number of halogens is 1. The first-order valence-electron chi connectivity index (χ1n) is 7.12. The lowest BCUT2D eigenvalue weighted by Gasteiger charge is -2.40. The molecule has 1 aromatic carbocycles. The fraction of sp³-hybridized carbons (Fsp3) is 0.467. The third-order valence-electron chi connectivity index (χ3n) is 4.27. The summed E-state index contributed by atoms with van der Waals surface area (Å²) in [5.41, 5.74) is 3.54. The van der Waals surface area contributed by atoms with Gasteiger partial charge in [-0.15, -0.1) is 0 Å². The molecule has 2 aromatic rings. The fourth-order valence-corrected chi connectivity index (χ4v) is 2.97. The predicted molar refractivity (Wildman–Crippen MR) is 80.2 cm³/mol. The number of piperazine rings is 1. The molecule has 0 saturated carbocycles. The van der Waals surface area contributed by atoms with Gasteiger partial charge in [0.05, 0.1) is 6.04 Å². The molecule has 3 N–H and O–H groups in total. The molecule has 1 fully saturated rings. The van der Waals surface area contributed by atoms with Gasteiger partial charge in [0.1, 0.15) is 17.2 Å². The highest BCUT2D eigenvalue weighted by molar-refractivity contribution is 5.78. The van der Waals surface area contributed by atoms with Gasteiger partial charge in [-0.3, -0.25) is 10.7 Å². The van der Waals surface area contributed by atoms with Crippen molar-refractivity contribution in [1.82, 2.24) is 15.2 Å². The SMILES string of the molecule is CN1CCN(C)C(C(NN)c2cc3cc(F)ccc3o2)C1. The summed E-state index contributed by atoms with van der Waals surface area (Å²) in [6.07, 6.45) is 0. The molecule has 0 radical (unpaired) electrons. The standard InChI is InChI=1S/C15H21FN4O/c1-19-5-6-20(2)12(9-19)15(18-17)14-8-10-7-11(16)3-4-13(10)21-14/h3-4,7-8,12,15,18H,5-6,9,17H2,1-2H3. The normalized spacial score (nSPS) is 22.8. The molecule has 5 nitrogen and oxygen atoms in total. The fourth-order valence-electron chi connectivity index (χ4n) is 2.97. The van der Waals surface area contributed by atoms with E-state index in [2.05, 4.69) is 29.3 Å². The van der Waals surface area contributed by atoms with E-state index in [-0.39, 0.29) is 17.9 Å². The summed E-state index contributed by atoms with van der Waals surface area (Å²) in [5, 5.41) is 0.761. The molecule has 21 heavy (non-hydrogen) atoms. The quantitative estimate of drug-likeness (QED) is 0.660. The molecule has 3 rings (SSSR count). The predicted octanol–water partition coefficient (Wildman–Crippen LogP) is 1.32. The smallest absolute Gasteiger partial charge is 0.134 e. The third kappa shape index (κ3) is 2.80. The van der Waals surface area contributed by atoms with E-state index in [4.69, 9.17) is 10.3 Å². The molecule has 1 aliphatic heterocycles. The number of hydrogen-bond donors (Lipinski definition) is 2. The first kappa shape index (κ1) is 14.5. The van der Waals surface area contributed by atoms with Crippen LogP contribution in [0.2, 0.25) is 0 Å². The van der Waals surface area contributed by atoms with Crippen molar-refractivity contribution in [3.8, 4) is 0 Å². The summed E-state index contributed by atoms with van der Waals surface area (Å²) in [5.74, 6) is 6.24. The van der Waals surface area contributed by atoms with Crippen molar-refractivity contribution < 1.29 is 8.81 Å². The number of rotatable bonds is 3. The first-order valence-corrected chi connectivity index (χ1v) is 7.12. The molecule has 2 unspecified atom stereocenters. The van der Waals surface area contributed by atoms with Crippen LogP contribution in [0.1, 0.15) is 11.8 Å². The minimum absolute atomic E-state index is 0.131. The Labute approximate surface area is 123 Å². The van der Waals surface area contributed by atoms with Crippen LogP contribution in [0, 0.1) is 5.82 Å². The van der Waals surface area contributed by atoms with Crippen molar-refractivity contribution in [1.29, 1.82) is 0 Å². The maximum Gasteiger partial charge on any atom is 0.134 e. The summed E-state index contributed by atoms with van der Waals surface area (Å²) in [6.45, 7) is 2.92. The number of nitrogens with zero attached hydrogens (tertiary/aromatic N) is 2. The van der Waals surface area contributed by atoms with Gasteiger partial charge in [-0.25, -0.2) is 9.82 Å². The molecule has 0 aliphatic carbocycles. The second-order valence-electron chi connectivity index (χ2n) is 5.79. The largest absolute Gasteiger partial charge is 0.459 e. The zero-order valence-corrected chi connectivity index (χ0v) is 12.3. The topological polar surface area (TPSA) is 57.7 Å². The summed E-state index contributed by atoms with van der Waals surface area (Å²) in [6, 6.07) is 6.48. The molecule has 1 aliphatic rings. The van der Waals surface area contributed by atoms with Crippen LogP contribution in [0.3, 0.4) is 0 Å². The van der Waals surface area contributed by atoms with E-state index in [1.165, 1.54) is 12.1 Å². The number of likely N-dealkylation sites (N-methyl/N-ethyl adjacent to an activating group) is 2. The van der Waals surface area contributed by atoms with Crippen LogP contribution < -0.4 is 11.3 Å². The maximum atomic E-state index is 13.3. The van der Waals surface area contributed by atoms with Crippen LogP contribution in [0.4, 0.5) is 4.39 Å². The third-order valence-corrected chi connectivity index (χ3v) is 4.27. The molecule has 2 heterocycles. The van der Waals surface area contributed by atoms with Gasteiger partial charge < -0.3 is 9.32 Å². The number of fused-ring (bicyclic) bond motifs is 1. The van der Waals surface area contributed by atoms with Crippen LogP contribution >= 0.6 is 0 Å². The van der Waals surface area contributed by atoms with E-state index in [0.717, 1.165) is 30.8 Å². The van der Waals surface area contributed by atoms with Gasteiger partial charge in [0.25, 0.3) is 0 Å². The van der Waals surface area contributed by atoms with E-state index in [0.29, 0.717) is 5.58 Å². The van der Waals surface area contributed by atoms with Crippen molar-refractivity contribution in [3.63, 3.8) is 0 Å². The van der Waals surface area contributed by atoms with E-state index < -0.39 is 0 Å². The van der Waals surface area contributed by atoms with Crippen LogP contribution in [-0.4, -0.2) is 49.6 Å². The molecule has 114 valence electrons. The minimum atomic E-state index is -0.262. The second kappa shape index (κ2) is 5.73. The number of nitrogens with two attached hydrogens (primary N) is 1. The zero-order valence-electron chi connectivity index (χ0n) is 12.3. The zero-order chi connectivity index (χ0) is 15.0. The van der Waals surface area contributed by atoms with Gasteiger partial charge in [-0.05, 0) is 38.4 Å². The van der Waals surface area contributed by atoms with E-state index in [1.54, 1.807) is 6.07 Å².